The van der Waals surface area contributed by atoms with E-state index >= 15 is 0 Å². The standard InChI is InChI=1S/C29H29ClFN3O5/c1-37-14-13-33(29(36)19-7-6-8-20(31)15-19)18-28(35)34-26(23-16-21(38-2)11-12-27(23)39-3)17-25(32-34)22-9-4-5-10-24(22)30/h4-12,15-16,26H,13-14,17-18H2,1-3H3. The van der Waals surface area contributed by atoms with Crippen LogP contribution in [0, 0.1) is 5.82 Å². The van der Waals surface area contributed by atoms with E-state index in [0.717, 1.165) is 6.07 Å². The molecule has 0 spiro atoms. The van der Waals surface area contributed by atoms with Gasteiger partial charge in [-0.05, 0) is 42.5 Å². The summed E-state index contributed by atoms with van der Waals surface area (Å²) in [5, 5.41) is 6.54. The SMILES string of the molecule is COCCN(CC(=O)N1N=C(c2ccccc2Cl)CC1c1cc(OC)ccc1OC)C(=O)c1cccc(F)c1. The van der Waals surface area contributed by atoms with Crippen molar-refractivity contribution in [3.8, 4) is 11.5 Å². The Hall–Kier alpha value is -3.95. The third-order valence-corrected chi connectivity index (χ3v) is 6.73. The van der Waals surface area contributed by atoms with Crippen LogP contribution >= 0.6 is 11.6 Å². The van der Waals surface area contributed by atoms with Crippen LogP contribution in [0.5, 0.6) is 11.5 Å². The van der Waals surface area contributed by atoms with Crippen LogP contribution in [0.3, 0.4) is 0 Å². The Bertz CT molecular complexity index is 1380. The topological polar surface area (TPSA) is 80.7 Å². The fourth-order valence-electron chi connectivity index (χ4n) is 4.43. The molecule has 10 heteroatoms. The third-order valence-electron chi connectivity index (χ3n) is 6.40. The number of methoxy groups -OCH3 is 3. The molecule has 0 saturated carbocycles. The second-order valence-electron chi connectivity index (χ2n) is 8.82. The van der Waals surface area contributed by atoms with Crippen molar-refractivity contribution >= 4 is 29.1 Å². The van der Waals surface area contributed by atoms with E-state index in [0.29, 0.717) is 39.8 Å². The molecule has 3 aromatic carbocycles. The van der Waals surface area contributed by atoms with E-state index in [1.54, 1.807) is 38.5 Å². The molecule has 3 aromatic rings. The average molecular weight is 554 g/mol. The van der Waals surface area contributed by atoms with Gasteiger partial charge in [0.05, 0.1) is 32.6 Å². The summed E-state index contributed by atoms with van der Waals surface area (Å²) in [7, 11) is 4.60. The maximum atomic E-state index is 13.8. The van der Waals surface area contributed by atoms with Gasteiger partial charge in [-0.2, -0.15) is 5.10 Å². The van der Waals surface area contributed by atoms with Crippen LogP contribution < -0.4 is 9.47 Å². The van der Waals surface area contributed by atoms with Gasteiger partial charge >= 0.3 is 0 Å². The molecular weight excluding hydrogens is 525 g/mol. The van der Waals surface area contributed by atoms with E-state index < -0.39 is 23.7 Å². The smallest absolute Gasteiger partial charge is 0.262 e. The first kappa shape index (κ1) is 28.1. The number of benzene rings is 3. The highest BCUT2D eigenvalue weighted by Gasteiger charge is 2.36. The van der Waals surface area contributed by atoms with Crippen LogP contribution in [-0.2, 0) is 9.53 Å². The maximum Gasteiger partial charge on any atom is 0.262 e. The molecule has 2 amide bonds. The Morgan fingerprint density at radius 2 is 1.85 bits per heavy atom. The van der Waals surface area contributed by atoms with Crippen molar-refractivity contribution in [2.24, 2.45) is 5.10 Å². The summed E-state index contributed by atoms with van der Waals surface area (Å²) in [4.78, 5) is 28.4. The quantitative estimate of drug-likeness (QED) is 0.354. The van der Waals surface area contributed by atoms with Gasteiger partial charge in [0.1, 0.15) is 23.9 Å². The van der Waals surface area contributed by atoms with Crippen LogP contribution in [-0.4, -0.2) is 68.5 Å². The van der Waals surface area contributed by atoms with E-state index in [1.807, 2.05) is 18.2 Å². The third kappa shape index (κ3) is 6.38. The molecule has 0 saturated heterocycles. The molecule has 0 aliphatic carbocycles. The molecule has 0 bridgehead atoms. The van der Waals surface area contributed by atoms with Crippen molar-refractivity contribution in [2.45, 2.75) is 12.5 Å². The van der Waals surface area contributed by atoms with Gasteiger partial charge < -0.3 is 19.1 Å². The zero-order valence-electron chi connectivity index (χ0n) is 21.9. The lowest BCUT2D eigenvalue weighted by molar-refractivity contribution is -0.133. The maximum absolute atomic E-state index is 13.8. The zero-order chi connectivity index (χ0) is 27.9. The zero-order valence-corrected chi connectivity index (χ0v) is 22.7. The minimum Gasteiger partial charge on any atom is -0.497 e. The molecule has 204 valence electrons. The van der Waals surface area contributed by atoms with Crippen LogP contribution in [0.25, 0.3) is 0 Å². The number of carbonyl (C=O) groups is 2. The predicted molar refractivity (Wildman–Crippen MR) is 146 cm³/mol. The van der Waals surface area contributed by atoms with Crippen LogP contribution in [0.4, 0.5) is 4.39 Å². The van der Waals surface area contributed by atoms with Crippen molar-refractivity contribution in [2.75, 3.05) is 41.0 Å². The van der Waals surface area contributed by atoms with Crippen LogP contribution in [0.15, 0.2) is 71.8 Å². The molecule has 0 N–H and O–H groups in total. The number of ether oxygens (including phenoxy) is 3. The van der Waals surface area contributed by atoms with Gasteiger partial charge in [-0.3, -0.25) is 9.59 Å². The normalized spacial score (nSPS) is 14.6. The Labute approximate surface area is 231 Å². The molecule has 1 unspecified atom stereocenters. The predicted octanol–water partition coefficient (Wildman–Crippen LogP) is 4.96. The molecule has 1 aliphatic heterocycles. The van der Waals surface area contributed by atoms with Gasteiger partial charge in [0.25, 0.3) is 11.8 Å². The number of hydrogen-bond acceptors (Lipinski definition) is 6. The fraction of sp³-hybridized carbons (Fsp3) is 0.276. The van der Waals surface area contributed by atoms with E-state index in [-0.39, 0.29) is 25.3 Å². The molecule has 4 rings (SSSR count). The van der Waals surface area contributed by atoms with E-state index in [2.05, 4.69) is 5.10 Å². The lowest BCUT2D eigenvalue weighted by Crippen LogP contribution is -2.42. The number of halogens is 2. The summed E-state index contributed by atoms with van der Waals surface area (Å²) in [6.45, 7) is 0.00998. The number of nitrogens with zero attached hydrogens (tertiary/aromatic N) is 3. The number of rotatable bonds is 10. The van der Waals surface area contributed by atoms with Gasteiger partial charge in [0, 0.05) is 41.8 Å². The second kappa shape index (κ2) is 12.7. The lowest BCUT2D eigenvalue weighted by Gasteiger charge is -2.28. The number of amides is 2. The molecule has 1 aliphatic rings. The van der Waals surface area contributed by atoms with E-state index in [1.165, 1.54) is 35.2 Å². The van der Waals surface area contributed by atoms with E-state index in [9.17, 15) is 14.0 Å². The first-order valence-electron chi connectivity index (χ1n) is 12.3. The molecule has 0 fully saturated rings. The summed E-state index contributed by atoms with van der Waals surface area (Å²) < 4.78 is 30.0. The fourth-order valence-corrected chi connectivity index (χ4v) is 4.68. The Morgan fingerprint density at radius 3 is 2.54 bits per heavy atom. The van der Waals surface area contributed by atoms with Crippen LogP contribution in [0.1, 0.15) is 33.9 Å². The molecular formula is C29H29ClFN3O5. The number of hydrazone groups is 1. The van der Waals surface area contributed by atoms with Crippen molar-refractivity contribution in [3.05, 3.63) is 94.3 Å². The van der Waals surface area contributed by atoms with Crippen molar-refractivity contribution in [1.82, 2.24) is 9.91 Å². The molecule has 8 nitrogen and oxygen atoms in total. The Balaban J connectivity index is 1.71. The number of carbonyl (C=O) groups excluding carboxylic acids is 2. The highest BCUT2D eigenvalue weighted by molar-refractivity contribution is 6.34. The summed E-state index contributed by atoms with van der Waals surface area (Å²) >= 11 is 6.47. The highest BCUT2D eigenvalue weighted by Crippen LogP contribution is 2.40. The van der Waals surface area contributed by atoms with Gasteiger partial charge in [0.15, 0.2) is 0 Å². The first-order valence-corrected chi connectivity index (χ1v) is 12.6. The molecule has 0 aromatic heterocycles. The number of hydrogen-bond donors (Lipinski definition) is 0. The summed E-state index contributed by atoms with van der Waals surface area (Å²) in [5.41, 5.74) is 2.14. The minimum absolute atomic E-state index is 0.125. The monoisotopic (exact) mass is 553 g/mol. The average Bonchev–Trinajstić information content (AvgIpc) is 3.40. The van der Waals surface area contributed by atoms with Gasteiger partial charge in [0.2, 0.25) is 0 Å². The molecule has 0 radical (unpaired) electrons. The Kier molecular flexibility index (Phi) is 9.16. The first-order chi connectivity index (χ1) is 18.9. The molecule has 39 heavy (non-hydrogen) atoms. The summed E-state index contributed by atoms with van der Waals surface area (Å²) in [5.74, 6) is -0.330. The van der Waals surface area contributed by atoms with Gasteiger partial charge in [-0.1, -0.05) is 35.9 Å². The summed E-state index contributed by atoms with van der Waals surface area (Å²) in [6.07, 6.45) is 0.356. The molecule has 1 atom stereocenters. The van der Waals surface area contributed by atoms with Gasteiger partial charge in [-0.15, -0.1) is 0 Å². The van der Waals surface area contributed by atoms with Gasteiger partial charge in [-0.25, -0.2) is 9.40 Å². The van der Waals surface area contributed by atoms with Crippen molar-refractivity contribution < 1.29 is 28.2 Å². The summed E-state index contributed by atoms with van der Waals surface area (Å²) in [6, 6.07) is 17.4. The van der Waals surface area contributed by atoms with Crippen LogP contribution in [0.2, 0.25) is 5.02 Å². The minimum atomic E-state index is -0.553. The largest absolute Gasteiger partial charge is 0.497 e. The second-order valence-corrected chi connectivity index (χ2v) is 9.23. The van der Waals surface area contributed by atoms with Crippen molar-refractivity contribution in [1.29, 1.82) is 0 Å². The Morgan fingerprint density at radius 1 is 1.05 bits per heavy atom. The lowest BCUT2D eigenvalue weighted by atomic mass is 9.97. The molecule has 1 heterocycles. The highest BCUT2D eigenvalue weighted by atomic mass is 35.5. The van der Waals surface area contributed by atoms with Crippen molar-refractivity contribution in [3.63, 3.8) is 0 Å². The van der Waals surface area contributed by atoms with E-state index in [4.69, 9.17) is 25.8 Å².